The molecule has 0 aliphatic carbocycles. The van der Waals surface area contributed by atoms with Crippen molar-refractivity contribution in [1.29, 1.82) is 0 Å². The van der Waals surface area contributed by atoms with Crippen LogP contribution >= 0.6 is 0 Å². The van der Waals surface area contributed by atoms with E-state index in [-0.39, 0.29) is 0 Å². The number of rotatable bonds is 3. The van der Waals surface area contributed by atoms with Gasteiger partial charge in [0.2, 0.25) is 5.88 Å². The van der Waals surface area contributed by atoms with Gasteiger partial charge >= 0.3 is 0 Å². The van der Waals surface area contributed by atoms with Gasteiger partial charge in [0.25, 0.3) is 0 Å². The second-order valence-electron chi connectivity index (χ2n) is 3.37. The summed E-state index contributed by atoms with van der Waals surface area (Å²) in [6, 6.07) is 5.50. The monoisotopic (exact) mass is 190 g/mol. The number of hydrogen-bond acceptors (Lipinski definition) is 3. The number of pyridine rings is 1. The molecule has 0 saturated heterocycles. The minimum absolute atomic E-state index is 0.528. The van der Waals surface area contributed by atoms with E-state index in [1.54, 1.807) is 13.1 Å². The standard InChI is InChI=1S/C11H14N2O/c1-5-11(2,3)14-10-8-6-7-9(12-4)13-10/h1,6-8H,2-4H3,(H,12,13). The van der Waals surface area contributed by atoms with Gasteiger partial charge in [-0.1, -0.05) is 12.0 Å². The zero-order valence-electron chi connectivity index (χ0n) is 8.66. The SMILES string of the molecule is C#CC(C)(C)Oc1cccc(NC)n1. The molecular formula is C11H14N2O. The van der Waals surface area contributed by atoms with E-state index in [1.807, 2.05) is 26.0 Å². The Kier molecular flexibility index (Phi) is 2.98. The van der Waals surface area contributed by atoms with E-state index in [1.165, 1.54) is 0 Å². The Morgan fingerprint density at radius 1 is 1.50 bits per heavy atom. The van der Waals surface area contributed by atoms with E-state index in [0.717, 1.165) is 5.82 Å². The van der Waals surface area contributed by atoms with Crippen molar-refractivity contribution in [3.8, 4) is 18.2 Å². The molecule has 0 bridgehead atoms. The highest BCUT2D eigenvalue weighted by atomic mass is 16.5. The van der Waals surface area contributed by atoms with E-state index in [4.69, 9.17) is 11.2 Å². The summed E-state index contributed by atoms with van der Waals surface area (Å²) in [4.78, 5) is 4.20. The second-order valence-corrected chi connectivity index (χ2v) is 3.37. The van der Waals surface area contributed by atoms with Crippen LogP contribution < -0.4 is 10.1 Å². The van der Waals surface area contributed by atoms with Gasteiger partial charge in [-0.2, -0.15) is 4.98 Å². The number of aromatic nitrogens is 1. The predicted octanol–water partition coefficient (Wildman–Crippen LogP) is 1.91. The fraction of sp³-hybridized carbons (Fsp3) is 0.364. The van der Waals surface area contributed by atoms with Crippen molar-refractivity contribution in [3.05, 3.63) is 18.2 Å². The molecule has 1 aromatic rings. The molecule has 1 heterocycles. The number of ether oxygens (including phenoxy) is 1. The number of hydrogen-bond donors (Lipinski definition) is 1. The van der Waals surface area contributed by atoms with Crippen molar-refractivity contribution in [2.24, 2.45) is 0 Å². The Balaban J connectivity index is 2.83. The van der Waals surface area contributed by atoms with E-state index in [9.17, 15) is 0 Å². The third-order valence-corrected chi connectivity index (χ3v) is 1.69. The van der Waals surface area contributed by atoms with Crippen LogP contribution in [0.25, 0.3) is 0 Å². The Hall–Kier alpha value is -1.69. The van der Waals surface area contributed by atoms with Crippen molar-refractivity contribution >= 4 is 5.82 Å². The number of anilines is 1. The lowest BCUT2D eigenvalue weighted by atomic mass is 10.1. The molecule has 0 aliphatic rings. The van der Waals surface area contributed by atoms with Crippen molar-refractivity contribution < 1.29 is 4.74 Å². The summed E-state index contributed by atoms with van der Waals surface area (Å²) in [6.45, 7) is 3.64. The summed E-state index contributed by atoms with van der Waals surface area (Å²) in [7, 11) is 1.80. The van der Waals surface area contributed by atoms with Crippen LogP contribution in [0.2, 0.25) is 0 Å². The molecule has 0 aromatic carbocycles. The van der Waals surface area contributed by atoms with Crippen LogP contribution in [0.5, 0.6) is 5.88 Å². The van der Waals surface area contributed by atoms with Crippen molar-refractivity contribution in [1.82, 2.24) is 4.98 Å². The summed E-state index contributed by atoms with van der Waals surface area (Å²) in [5, 5.41) is 2.93. The van der Waals surface area contributed by atoms with Crippen LogP contribution in [0.1, 0.15) is 13.8 Å². The molecule has 1 rings (SSSR count). The Morgan fingerprint density at radius 3 is 2.79 bits per heavy atom. The van der Waals surface area contributed by atoms with Crippen LogP contribution in [0.15, 0.2) is 18.2 Å². The summed E-state index contributed by atoms with van der Waals surface area (Å²) < 4.78 is 5.51. The smallest absolute Gasteiger partial charge is 0.216 e. The molecule has 0 saturated carbocycles. The number of nitrogens with one attached hydrogen (secondary N) is 1. The average Bonchev–Trinajstić information content (AvgIpc) is 2.17. The largest absolute Gasteiger partial charge is 0.458 e. The van der Waals surface area contributed by atoms with Gasteiger partial charge < -0.3 is 10.1 Å². The van der Waals surface area contributed by atoms with Gasteiger partial charge in [-0.3, -0.25) is 0 Å². The van der Waals surface area contributed by atoms with Crippen LogP contribution in [0.4, 0.5) is 5.82 Å². The summed E-state index contributed by atoms with van der Waals surface area (Å²) in [5.74, 6) is 3.83. The lowest BCUT2D eigenvalue weighted by Crippen LogP contribution is -2.26. The molecule has 0 atom stereocenters. The summed E-state index contributed by atoms with van der Waals surface area (Å²) >= 11 is 0. The maximum atomic E-state index is 5.51. The van der Waals surface area contributed by atoms with E-state index >= 15 is 0 Å². The first-order chi connectivity index (χ1) is 6.57. The van der Waals surface area contributed by atoms with E-state index in [2.05, 4.69) is 16.2 Å². The Labute approximate surface area is 84.5 Å². The molecule has 0 aliphatic heterocycles. The third-order valence-electron chi connectivity index (χ3n) is 1.69. The third kappa shape index (κ3) is 2.67. The molecule has 1 aromatic heterocycles. The van der Waals surface area contributed by atoms with Gasteiger partial charge in [0.15, 0.2) is 5.60 Å². The minimum Gasteiger partial charge on any atom is -0.458 e. The quantitative estimate of drug-likeness (QED) is 0.739. The molecule has 74 valence electrons. The number of nitrogens with zero attached hydrogens (tertiary/aromatic N) is 1. The zero-order valence-corrected chi connectivity index (χ0v) is 8.66. The van der Waals surface area contributed by atoms with Gasteiger partial charge in [-0.05, 0) is 19.9 Å². The lowest BCUT2D eigenvalue weighted by Gasteiger charge is -2.19. The second kappa shape index (κ2) is 4.01. The van der Waals surface area contributed by atoms with Crippen molar-refractivity contribution in [2.75, 3.05) is 12.4 Å². The highest BCUT2D eigenvalue weighted by Crippen LogP contribution is 2.16. The first-order valence-corrected chi connectivity index (χ1v) is 4.39. The summed E-state index contributed by atoms with van der Waals surface area (Å²) in [5.41, 5.74) is -0.626. The number of terminal acetylenes is 1. The molecular weight excluding hydrogens is 176 g/mol. The molecule has 0 amide bonds. The molecule has 0 spiro atoms. The van der Waals surface area contributed by atoms with Gasteiger partial charge in [-0.25, -0.2) is 0 Å². The maximum Gasteiger partial charge on any atom is 0.216 e. The molecule has 0 radical (unpaired) electrons. The van der Waals surface area contributed by atoms with E-state index in [0.29, 0.717) is 5.88 Å². The molecule has 0 fully saturated rings. The van der Waals surface area contributed by atoms with Gasteiger partial charge in [0.1, 0.15) is 5.82 Å². The van der Waals surface area contributed by atoms with Crippen LogP contribution in [0.3, 0.4) is 0 Å². The van der Waals surface area contributed by atoms with Crippen LogP contribution in [-0.4, -0.2) is 17.6 Å². The molecule has 14 heavy (non-hydrogen) atoms. The molecule has 3 heteroatoms. The molecule has 3 nitrogen and oxygen atoms in total. The van der Waals surface area contributed by atoms with Crippen molar-refractivity contribution in [3.63, 3.8) is 0 Å². The first kappa shape index (κ1) is 10.4. The lowest BCUT2D eigenvalue weighted by molar-refractivity contribution is 0.165. The highest BCUT2D eigenvalue weighted by molar-refractivity contribution is 5.36. The van der Waals surface area contributed by atoms with Gasteiger partial charge in [-0.15, -0.1) is 6.42 Å². The predicted molar refractivity (Wildman–Crippen MR) is 57.3 cm³/mol. The summed E-state index contributed by atoms with van der Waals surface area (Å²) in [6.07, 6.45) is 5.31. The van der Waals surface area contributed by atoms with E-state index < -0.39 is 5.60 Å². The molecule has 1 N–H and O–H groups in total. The van der Waals surface area contributed by atoms with Gasteiger partial charge in [0.05, 0.1) is 0 Å². The van der Waals surface area contributed by atoms with Crippen LogP contribution in [-0.2, 0) is 0 Å². The fourth-order valence-corrected chi connectivity index (χ4v) is 0.902. The van der Waals surface area contributed by atoms with Crippen LogP contribution in [0, 0.1) is 12.3 Å². The fourth-order valence-electron chi connectivity index (χ4n) is 0.902. The Bertz CT molecular complexity index is 353. The van der Waals surface area contributed by atoms with Gasteiger partial charge in [0, 0.05) is 13.1 Å². The first-order valence-electron chi connectivity index (χ1n) is 4.39. The Morgan fingerprint density at radius 2 is 2.21 bits per heavy atom. The average molecular weight is 190 g/mol. The maximum absolute atomic E-state index is 5.51. The minimum atomic E-state index is -0.626. The highest BCUT2D eigenvalue weighted by Gasteiger charge is 2.16. The topological polar surface area (TPSA) is 34.1 Å². The normalized spacial score (nSPS) is 10.4. The van der Waals surface area contributed by atoms with Crippen molar-refractivity contribution in [2.45, 2.75) is 19.4 Å². The molecule has 0 unspecified atom stereocenters. The zero-order chi connectivity index (χ0) is 10.6.